The van der Waals surface area contributed by atoms with Gasteiger partial charge in [0, 0.05) is 12.1 Å². The lowest BCUT2D eigenvalue weighted by molar-refractivity contribution is 0.223. The Kier molecular flexibility index (Phi) is 7.43. The first-order chi connectivity index (χ1) is 12.1. The van der Waals surface area contributed by atoms with Crippen molar-refractivity contribution < 1.29 is 9.26 Å². The molecule has 26 heavy (non-hydrogen) atoms. The molecule has 1 aliphatic carbocycles. The monoisotopic (exact) mass is 380 g/mol. The van der Waals surface area contributed by atoms with Crippen molar-refractivity contribution in [3.05, 3.63) is 30.1 Å². The minimum Gasteiger partial charge on any atom is -0.492 e. The molecule has 144 valence electrons. The summed E-state index contributed by atoms with van der Waals surface area (Å²) in [5, 5.41) is 4.11. The van der Waals surface area contributed by atoms with Crippen LogP contribution in [0.5, 0.6) is 5.75 Å². The normalized spacial score (nSPS) is 15.8. The van der Waals surface area contributed by atoms with Crippen LogP contribution in [-0.2, 0) is 5.54 Å². The van der Waals surface area contributed by atoms with Gasteiger partial charge in [0.25, 0.3) is 5.89 Å². The van der Waals surface area contributed by atoms with Crippen LogP contribution in [0.2, 0.25) is 0 Å². The maximum atomic E-state index is 6.39. The number of aromatic nitrogens is 2. The molecular formula is C19H29ClN4O2. The zero-order chi connectivity index (χ0) is 17.7. The maximum absolute atomic E-state index is 6.39. The zero-order valence-corrected chi connectivity index (χ0v) is 16.4. The summed E-state index contributed by atoms with van der Waals surface area (Å²) in [5.74, 6) is 1.99. The summed E-state index contributed by atoms with van der Waals surface area (Å²) in [7, 11) is 0. The van der Waals surface area contributed by atoms with Crippen LogP contribution in [0.4, 0.5) is 0 Å². The van der Waals surface area contributed by atoms with Crippen molar-refractivity contribution in [2.24, 2.45) is 5.73 Å². The largest absolute Gasteiger partial charge is 0.492 e. The predicted molar refractivity (Wildman–Crippen MR) is 105 cm³/mol. The Hall–Kier alpha value is -1.63. The molecule has 1 fully saturated rings. The molecule has 0 aliphatic heterocycles. The lowest BCUT2D eigenvalue weighted by Gasteiger charge is -2.18. The number of benzene rings is 1. The summed E-state index contributed by atoms with van der Waals surface area (Å²) in [6.07, 6.45) is 4.09. The van der Waals surface area contributed by atoms with Gasteiger partial charge in [0.15, 0.2) is 5.82 Å². The highest BCUT2D eigenvalue weighted by atomic mass is 35.5. The van der Waals surface area contributed by atoms with Crippen LogP contribution in [0, 0.1) is 0 Å². The molecule has 2 aromatic rings. The molecule has 1 heterocycles. The Labute approximate surface area is 161 Å². The maximum Gasteiger partial charge on any atom is 0.257 e. The summed E-state index contributed by atoms with van der Waals surface area (Å²) in [4.78, 5) is 6.85. The fourth-order valence-corrected chi connectivity index (χ4v) is 3.30. The molecule has 1 saturated carbocycles. The van der Waals surface area contributed by atoms with Crippen LogP contribution in [0.15, 0.2) is 28.8 Å². The van der Waals surface area contributed by atoms with Gasteiger partial charge in [-0.3, -0.25) is 0 Å². The average molecular weight is 381 g/mol. The molecule has 0 spiro atoms. The van der Waals surface area contributed by atoms with Gasteiger partial charge in [-0.15, -0.1) is 12.4 Å². The second-order valence-corrected chi connectivity index (χ2v) is 6.69. The number of nitrogens with two attached hydrogens (primary N) is 1. The molecule has 0 bridgehead atoms. The van der Waals surface area contributed by atoms with Crippen molar-refractivity contribution in [3.8, 4) is 17.2 Å². The van der Waals surface area contributed by atoms with Gasteiger partial charge in [-0.2, -0.15) is 4.98 Å². The van der Waals surface area contributed by atoms with Crippen LogP contribution < -0.4 is 10.5 Å². The molecule has 0 unspecified atom stereocenters. The topological polar surface area (TPSA) is 77.4 Å². The first kappa shape index (κ1) is 20.7. The number of hydrogen-bond donors (Lipinski definition) is 1. The van der Waals surface area contributed by atoms with E-state index >= 15 is 0 Å². The Morgan fingerprint density at radius 2 is 1.81 bits per heavy atom. The van der Waals surface area contributed by atoms with E-state index < -0.39 is 5.54 Å². The number of halogens is 1. The van der Waals surface area contributed by atoms with Gasteiger partial charge in [-0.05, 0) is 50.2 Å². The van der Waals surface area contributed by atoms with Crippen LogP contribution in [-0.4, -0.2) is 41.3 Å². The van der Waals surface area contributed by atoms with Gasteiger partial charge in [0.05, 0.1) is 5.54 Å². The Morgan fingerprint density at radius 1 is 1.15 bits per heavy atom. The first-order valence-electron chi connectivity index (χ1n) is 9.23. The second-order valence-electron chi connectivity index (χ2n) is 6.69. The molecule has 6 nitrogen and oxygen atoms in total. The molecule has 3 rings (SSSR count). The van der Waals surface area contributed by atoms with Crippen LogP contribution in [0.3, 0.4) is 0 Å². The van der Waals surface area contributed by atoms with E-state index in [1.54, 1.807) is 0 Å². The molecule has 1 aliphatic rings. The Morgan fingerprint density at radius 3 is 2.42 bits per heavy atom. The van der Waals surface area contributed by atoms with Crippen molar-refractivity contribution in [1.29, 1.82) is 0 Å². The molecule has 1 aromatic carbocycles. The van der Waals surface area contributed by atoms with E-state index in [0.29, 0.717) is 18.3 Å². The molecule has 0 amide bonds. The third-order valence-corrected chi connectivity index (χ3v) is 5.04. The van der Waals surface area contributed by atoms with E-state index in [1.165, 1.54) is 0 Å². The number of hydrogen-bond acceptors (Lipinski definition) is 6. The van der Waals surface area contributed by atoms with E-state index in [-0.39, 0.29) is 12.4 Å². The van der Waals surface area contributed by atoms with E-state index in [2.05, 4.69) is 28.9 Å². The highest BCUT2D eigenvalue weighted by Crippen LogP contribution is 2.35. The summed E-state index contributed by atoms with van der Waals surface area (Å²) < 4.78 is 11.2. The lowest BCUT2D eigenvalue weighted by Crippen LogP contribution is -2.34. The smallest absolute Gasteiger partial charge is 0.257 e. The van der Waals surface area contributed by atoms with E-state index in [1.807, 2.05) is 24.3 Å². The van der Waals surface area contributed by atoms with Crippen molar-refractivity contribution in [1.82, 2.24) is 15.0 Å². The Balaban J connectivity index is 0.00000243. The molecule has 2 N–H and O–H groups in total. The minimum absolute atomic E-state index is 0. The molecule has 0 atom stereocenters. The van der Waals surface area contributed by atoms with Gasteiger partial charge in [0.1, 0.15) is 12.4 Å². The minimum atomic E-state index is -0.421. The summed E-state index contributed by atoms with van der Waals surface area (Å²) in [6.45, 7) is 8.02. The number of ether oxygens (including phenoxy) is 1. The predicted octanol–water partition coefficient (Wildman–Crippen LogP) is 3.61. The number of nitrogens with zero attached hydrogens (tertiary/aromatic N) is 3. The van der Waals surface area contributed by atoms with Gasteiger partial charge < -0.3 is 19.9 Å². The lowest BCUT2D eigenvalue weighted by atomic mass is 9.99. The van der Waals surface area contributed by atoms with Crippen molar-refractivity contribution in [3.63, 3.8) is 0 Å². The van der Waals surface area contributed by atoms with Crippen LogP contribution >= 0.6 is 12.4 Å². The molecule has 0 saturated heterocycles. The number of rotatable bonds is 8. The van der Waals surface area contributed by atoms with E-state index in [0.717, 1.165) is 56.6 Å². The fraction of sp³-hybridized carbons (Fsp3) is 0.579. The Bertz CT molecular complexity index is 664. The van der Waals surface area contributed by atoms with Crippen LogP contribution in [0.25, 0.3) is 11.5 Å². The fourth-order valence-electron chi connectivity index (χ4n) is 3.30. The first-order valence-corrected chi connectivity index (χ1v) is 9.23. The van der Waals surface area contributed by atoms with Crippen LogP contribution in [0.1, 0.15) is 45.4 Å². The quantitative estimate of drug-likeness (QED) is 0.753. The molecule has 1 aromatic heterocycles. The van der Waals surface area contributed by atoms with Gasteiger partial charge >= 0.3 is 0 Å². The number of likely N-dealkylation sites (N-methyl/N-ethyl adjacent to an activating group) is 1. The standard InChI is InChI=1S/C19H28N4O2.ClH/c1-3-23(4-2)13-14-24-16-9-7-15(8-10-16)17-21-18(22-25-17)19(20)11-5-6-12-19;/h7-10H,3-6,11-14,20H2,1-2H3;1H. The highest BCUT2D eigenvalue weighted by Gasteiger charge is 2.36. The highest BCUT2D eigenvalue weighted by molar-refractivity contribution is 5.85. The third kappa shape index (κ3) is 4.75. The van der Waals surface area contributed by atoms with Gasteiger partial charge in [-0.25, -0.2) is 0 Å². The summed E-state index contributed by atoms with van der Waals surface area (Å²) in [5.41, 5.74) is 6.85. The zero-order valence-electron chi connectivity index (χ0n) is 15.6. The summed E-state index contributed by atoms with van der Waals surface area (Å²) >= 11 is 0. The van der Waals surface area contributed by atoms with E-state index in [4.69, 9.17) is 15.0 Å². The molecular weight excluding hydrogens is 352 g/mol. The molecule has 7 heteroatoms. The van der Waals surface area contributed by atoms with Crippen molar-refractivity contribution >= 4 is 12.4 Å². The van der Waals surface area contributed by atoms with Gasteiger partial charge in [0.2, 0.25) is 0 Å². The second kappa shape index (κ2) is 9.35. The summed E-state index contributed by atoms with van der Waals surface area (Å²) in [6, 6.07) is 7.77. The average Bonchev–Trinajstić information content (AvgIpc) is 3.30. The van der Waals surface area contributed by atoms with E-state index in [9.17, 15) is 0 Å². The van der Waals surface area contributed by atoms with Crippen molar-refractivity contribution in [2.45, 2.75) is 45.1 Å². The SMILES string of the molecule is CCN(CC)CCOc1ccc(-c2nc(C3(N)CCCC3)no2)cc1.Cl. The molecule has 0 radical (unpaired) electrons. The van der Waals surface area contributed by atoms with Gasteiger partial charge in [-0.1, -0.05) is 31.8 Å². The van der Waals surface area contributed by atoms with Crippen molar-refractivity contribution in [2.75, 3.05) is 26.2 Å². The third-order valence-electron chi connectivity index (χ3n) is 5.04.